The molecule has 3 rings (SSSR count). The number of fused-ring (bicyclic) bond motifs is 1. The molecule has 0 bridgehead atoms. The van der Waals surface area contributed by atoms with E-state index in [2.05, 4.69) is 39.9 Å². The van der Waals surface area contributed by atoms with Gasteiger partial charge in [-0.15, -0.1) is 11.3 Å². The molecule has 0 fully saturated rings. The molecule has 2 heterocycles. The van der Waals surface area contributed by atoms with Crippen LogP contribution in [0.15, 0.2) is 41.9 Å². The van der Waals surface area contributed by atoms with Gasteiger partial charge in [-0.05, 0) is 40.9 Å². The van der Waals surface area contributed by atoms with E-state index < -0.39 is 0 Å². The molecule has 96 valence electrons. The second-order valence-corrected chi connectivity index (χ2v) is 5.73. The number of aryl methyl sites for hydroxylation is 1. The third kappa shape index (κ3) is 2.57. The number of hydrogen-bond donors (Lipinski definition) is 1. The van der Waals surface area contributed by atoms with E-state index in [1.165, 1.54) is 15.6 Å². The van der Waals surface area contributed by atoms with Crippen LogP contribution in [0.4, 0.5) is 5.69 Å². The van der Waals surface area contributed by atoms with E-state index in [1.807, 2.05) is 13.0 Å². The molecule has 0 saturated carbocycles. The average Bonchev–Trinajstić information content (AvgIpc) is 2.83. The molecule has 3 aromatic rings. The fourth-order valence-corrected chi connectivity index (χ4v) is 3.17. The number of rotatable bonds is 3. The van der Waals surface area contributed by atoms with Gasteiger partial charge in [0.1, 0.15) is 0 Å². The van der Waals surface area contributed by atoms with Gasteiger partial charge in [-0.3, -0.25) is 0 Å². The number of nitrogens with one attached hydrogen (secondary N) is 1. The predicted molar refractivity (Wildman–Crippen MR) is 83.1 cm³/mol. The summed E-state index contributed by atoms with van der Waals surface area (Å²) < 4.78 is 1.31. The molecular weight excluding hydrogens is 276 g/mol. The van der Waals surface area contributed by atoms with Crippen molar-refractivity contribution in [3.05, 3.63) is 58.2 Å². The molecule has 0 aliphatic heterocycles. The summed E-state index contributed by atoms with van der Waals surface area (Å²) in [6, 6.07) is 10.4. The van der Waals surface area contributed by atoms with Crippen molar-refractivity contribution in [1.29, 1.82) is 0 Å². The minimum atomic E-state index is 0.519. The van der Waals surface area contributed by atoms with Crippen molar-refractivity contribution in [3.8, 4) is 0 Å². The number of hydrogen-bond acceptors (Lipinski definition) is 3. The second kappa shape index (κ2) is 5.19. The van der Waals surface area contributed by atoms with E-state index in [9.17, 15) is 0 Å². The number of halogens is 1. The van der Waals surface area contributed by atoms with Gasteiger partial charge < -0.3 is 5.32 Å². The Balaban J connectivity index is 1.84. The zero-order valence-electron chi connectivity index (χ0n) is 10.5. The highest BCUT2D eigenvalue weighted by Crippen LogP contribution is 2.27. The third-order valence-corrected chi connectivity index (χ3v) is 4.32. The summed E-state index contributed by atoms with van der Waals surface area (Å²) >= 11 is 7.85. The molecular formula is C15H13ClN2S. The summed E-state index contributed by atoms with van der Waals surface area (Å²) in [5.41, 5.74) is 3.28. The molecule has 0 amide bonds. The molecule has 0 radical (unpaired) electrons. The molecule has 4 heteroatoms. The number of aromatic nitrogens is 1. The van der Waals surface area contributed by atoms with Crippen LogP contribution in [0.3, 0.4) is 0 Å². The SMILES string of the molecule is Cc1cnc(Cl)c(NCc2csc3ccccc23)c1. The van der Waals surface area contributed by atoms with Gasteiger partial charge in [-0.2, -0.15) is 0 Å². The maximum atomic E-state index is 6.08. The average molecular weight is 289 g/mol. The second-order valence-electron chi connectivity index (χ2n) is 4.46. The molecule has 1 N–H and O–H groups in total. The highest BCUT2D eigenvalue weighted by atomic mass is 35.5. The molecule has 19 heavy (non-hydrogen) atoms. The summed E-state index contributed by atoms with van der Waals surface area (Å²) in [5.74, 6) is 0. The molecule has 0 unspecified atom stereocenters. The summed E-state index contributed by atoms with van der Waals surface area (Å²) in [5, 5.41) is 7.37. The standard InChI is InChI=1S/C15H13ClN2S/c1-10-6-13(15(16)18-7-10)17-8-11-9-19-14-5-3-2-4-12(11)14/h2-7,9,17H,8H2,1H3. The first kappa shape index (κ1) is 12.5. The zero-order valence-corrected chi connectivity index (χ0v) is 12.1. The quantitative estimate of drug-likeness (QED) is 0.696. The largest absolute Gasteiger partial charge is 0.378 e. The third-order valence-electron chi connectivity index (χ3n) is 3.01. The Labute approximate surface area is 121 Å². The summed E-state index contributed by atoms with van der Waals surface area (Å²) in [6.45, 7) is 2.77. The van der Waals surface area contributed by atoms with Crippen LogP contribution < -0.4 is 5.32 Å². The topological polar surface area (TPSA) is 24.9 Å². The molecule has 2 nitrogen and oxygen atoms in total. The minimum Gasteiger partial charge on any atom is -0.378 e. The Bertz CT molecular complexity index is 721. The predicted octanol–water partition coefficient (Wildman–Crippen LogP) is 4.87. The van der Waals surface area contributed by atoms with Crippen molar-refractivity contribution in [2.75, 3.05) is 5.32 Å². The van der Waals surface area contributed by atoms with Crippen LogP contribution >= 0.6 is 22.9 Å². The number of thiophene rings is 1. The summed E-state index contributed by atoms with van der Waals surface area (Å²) in [7, 11) is 0. The summed E-state index contributed by atoms with van der Waals surface area (Å²) in [6.07, 6.45) is 1.77. The molecule has 0 aliphatic rings. The van der Waals surface area contributed by atoms with Crippen LogP contribution in [0.1, 0.15) is 11.1 Å². The van der Waals surface area contributed by atoms with Crippen LogP contribution in [-0.2, 0) is 6.54 Å². The summed E-state index contributed by atoms with van der Waals surface area (Å²) in [4.78, 5) is 4.15. The van der Waals surface area contributed by atoms with Gasteiger partial charge in [-0.25, -0.2) is 4.98 Å². The fourth-order valence-electron chi connectivity index (χ4n) is 2.04. The number of benzene rings is 1. The molecule has 0 spiro atoms. The van der Waals surface area contributed by atoms with Crippen LogP contribution in [0.2, 0.25) is 5.15 Å². The van der Waals surface area contributed by atoms with Crippen LogP contribution in [0, 0.1) is 6.92 Å². The van der Waals surface area contributed by atoms with Gasteiger partial charge in [0, 0.05) is 17.4 Å². The van der Waals surface area contributed by atoms with Gasteiger partial charge >= 0.3 is 0 Å². The Morgan fingerprint density at radius 3 is 3.05 bits per heavy atom. The number of anilines is 1. The lowest BCUT2D eigenvalue weighted by molar-refractivity contribution is 1.15. The first-order valence-corrected chi connectivity index (χ1v) is 7.31. The van der Waals surface area contributed by atoms with E-state index in [0.717, 1.165) is 17.8 Å². The van der Waals surface area contributed by atoms with Crippen molar-refractivity contribution < 1.29 is 0 Å². The Morgan fingerprint density at radius 2 is 2.16 bits per heavy atom. The Morgan fingerprint density at radius 1 is 1.32 bits per heavy atom. The smallest absolute Gasteiger partial charge is 0.152 e. The fraction of sp³-hybridized carbons (Fsp3) is 0.133. The van der Waals surface area contributed by atoms with Crippen molar-refractivity contribution in [3.63, 3.8) is 0 Å². The molecule has 1 aromatic carbocycles. The van der Waals surface area contributed by atoms with Crippen LogP contribution in [-0.4, -0.2) is 4.98 Å². The van der Waals surface area contributed by atoms with Crippen molar-refractivity contribution in [2.24, 2.45) is 0 Å². The lowest BCUT2D eigenvalue weighted by Gasteiger charge is -2.08. The van der Waals surface area contributed by atoms with Crippen molar-refractivity contribution in [2.45, 2.75) is 13.5 Å². The first-order chi connectivity index (χ1) is 9.24. The molecule has 0 saturated heterocycles. The molecule has 0 aliphatic carbocycles. The Hall–Kier alpha value is -1.58. The zero-order chi connectivity index (χ0) is 13.2. The van der Waals surface area contributed by atoms with E-state index in [-0.39, 0.29) is 0 Å². The Kier molecular flexibility index (Phi) is 3.40. The van der Waals surface area contributed by atoms with Crippen molar-refractivity contribution in [1.82, 2.24) is 4.98 Å². The monoisotopic (exact) mass is 288 g/mol. The maximum absolute atomic E-state index is 6.08. The van der Waals surface area contributed by atoms with E-state index in [0.29, 0.717) is 5.15 Å². The number of nitrogens with zero attached hydrogens (tertiary/aromatic N) is 1. The van der Waals surface area contributed by atoms with Gasteiger partial charge in [0.25, 0.3) is 0 Å². The van der Waals surface area contributed by atoms with Gasteiger partial charge in [0.2, 0.25) is 0 Å². The first-order valence-electron chi connectivity index (χ1n) is 6.05. The minimum absolute atomic E-state index is 0.519. The molecule has 2 aromatic heterocycles. The lowest BCUT2D eigenvalue weighted by atomic mass is 10.2. The van der Waals surface area contributed by atoms with Gasteiger partial charge in [-0.1, -0.05) is 29.8 Å². The van der Waals surface area contributed by atoms with Crippen LogP contribution in [0.25, 0.3) is 10.1 Å². The van der Waals surface area contributed by atoms with Crippen molar-refractivity contribution >= 4 is 38.7 Å². The van der Waals surface area contributed by atoms with Crippen LogP contribution in [0.5, 0.6) is 0 Å². The maximum Gasteiger partial charge on any atom is 0.152 e. The van der Waals surface area contributed by atoms with E-state index in [4.69, 9.17) is 11.6 Å². The highest BCUT2D eigenvalue weighted by molar-refractivity contribution is 7.17. The lowest BCUT2D eigenvalue weighted by Crippen LogP contribution is -2.00. The van der Waals surface area contributed by atoms with Gasteiger partial charge in [0.05, 0.1) is 5.69 Å². The highest BCUT2D eigenvalue weighted by Gasteiger charge is 2.05. The normalized spacial score (nSPS) is 10.8. The number of pyridine rings is 1. The van der Waals surface area contributed by atoms with Gasteiger partial charge in [0.15, 0.2) is 5.15 Å². The van der Waals surface area contributed by atoms with E-state index >= 15 is 0 Å². The molecule has 0 atom stereocenters. The van der Waals surface area contributed by atoms with E-state index in [1.54, 1.807) is 17.5 Å².